The Morgan fingerprint density at radius 1 is 0.815 bits per heavy atom. The fourth-order valence-corrected chi connectivity index (χ4v) is 4.40. The molecule has 0 radical (unpaired) electrons. The summed E-state index contributed by atoms with van der Waals surface area (Å²) in [4.78, 5) is 2.33. The van der Waals surface area contributed by atoms with E-state index in [2.05, 4.69) is 18.7 Å². The number of likely N-dealkylation sites (tertiary alicyclic amines) is 1. The Hall–Kier alpha value is -0.160. The van der Waals surface area contributed by atoms with Gasteiger partial charge in [0.2, 0.25) is 0 Å². The van der Waals surface area contributed by atoms with Crippen LogP contribution in [0.1, 0.15) is 104 Å². The van der Waals surface area contributed by atoms with E-state index < -0.39 is 12.2 Å². The molecule has 0 amide bonds. The van der Waals surface area contributed by atoms with E-state index >= 15 is 0 Å². The number of rotatable bonds is 17. The molecule has 1 aliphatic rings. The summed E-state index contributed by atoms with van der Waals surface area (Å²) < 4.78 is 0. The minimum Gasteiger partial charge on any atom is -0.396 e. The maximum absolute atomic E-state index is 10.9. The second-order valence-electron chi connectivity index (χ2n) is 8.72. The first-order chi connectivity index (χ1) is 13.1. The summed E-state index contributed by atoms with van der Waals surface area (Å²) in [6.45, 7) is 6.46. The van der Waals surface area contributed by atoms with Gasteiger partial charge in [0.15, 0.2) is 0 Å². The summed E-state index contributed by atoms with van der Waals surface area (Å²) in [5, 5.41) is 30.9. The lowest BCUT2D eigenvalue weighted by atomic mass is 9.94. The van der Waals surface area contributed by atoms with Crippen LogP contribution in [0.5, 0.6) is 0 Å². The first kappa shape index (κ1) is 24.9. The van der Waals surface area contributed by atoms with Gasteiger partial charge in [-0.1, -0.05) is 84.5 Å². The minimum absolute atomic E-state index is 0.0402. The third-order valence-electron chi connectivity index (χ3n) is 6.29. The Labute approximate surface area is 168 Å². The first-order valence-corrected chi connectivity index (χ1v) is 11.8. The van der Waals surface area contributed by atoms with Crippen LogP contribution < -0.4 is 0 Å². The van der Waals surface area contributed by atoms with E-state index in [1.165, 1.54) is 51.4 Å². The fourth-order valence-electron chi connectivity index (χ4n) is 4.40. The Morgan fingerprint density at radius 2 is 1.37 bits per heavy atom. The number of hydrogen-bond acceptors (Lipinski definition) is 4. The maximum Gasteiger partial charge on any atom is 0.0953 e. The predicted molar refractivity (Wildman–Crippen MR) is 114 cm³/mol. The lowest BCUT2D eigenvalue weighted by molar-refractivity contribution is -0.0417. The van der Waals surface area contributed by atoms with Crippen LogP contribution in [0.25, 0.3) is 0 Å². The summed E-state index contributed by atoms with van der Waals surface area (Å²) in [5.41, 5.74) is 0. The number of hydrogen-bond donors (Lipinski definition) is 3. The molecule has 162 valence electrons. The van der Waals surface area contributed by atoms with E-state index in [1.807, 2.05) is 0 Å². The van der Waals surface area contributed by atoms with Crippen molar-refractivity contribution < 1.29 is 15.3 Å². The van der Waals surface area contributed by atoms with Crippen LogP contribution >= 0.6 is 0 Å². The van der Waals surface area contributed by atoms with Crippen molar-refractivity contribution in [1.82, 2.24) is 4.90 Å². The zero-order valence-electron chi connectivity index (χ0n) is 18.1. The smallest absolute Gasteiger partial charge is 0.0953 e. The van der Waals surface area contributed by atoms with Crippen LogP contribution in [0.2, 0.25) is 0 Å². The number of nitrogens with zero attached hydrogens (tertiary/aromatic N) is 1. The molecule has 4 heteroatoms. The molecule has 0 unspecified atom stereocenters. The van der Waals surface area contributed by atoms with Gasteiger partial charge in [0.25, 0.3) is 0 Å². The zero-order valence-corrected chi connectivity index (χ0v) is 18.1. The molecular weight excluding hydrogens is 338 g/mol. The summed E-state index contributed by atoms with van der Waals surface area (Å²) in [6.07, 6.45) is 14.8. The van der Waals surface area contributed by atoms with Gasteiger partial charge in [-0.2, -0.15) is 0 Å². The molecule has 0 saturated carbocycles. The van der Waals surface area contributed by atoms with Gasteiger partial charge in [-0.3, -0.25) is 4.90 Å². The van der Waals surface area contributed by atoms with Crippen molar-refractivity contribution in [3.63, 3.8) is 0 Å². The highest BCUT2D eigenvalue weighted by Crippen LogP contribution is 2.25. The highest BCUT2D eigenvalue weighted by Gasteiger charge is 2.34. The average Bonchev–Trinajstić information content (AvgIpc) is 3.15. The molecule has 0 aromatic rings. The molecule has 1 heterocycles. The highest BCUT2D eigenvalue weighted by atomic mass is 16.3. The number of unbranched alkanes of at least 4 members (excludes halogenated alkanes) is 9. The van der Waals surface area contributed by atoms with E-state index in [0.29, 0.717) is 12.3 Å². The van der Waals surface area contributed by atoms with Gasteiger partial charge >= 0.3 is 0 Å². The Morgan fingerprint density at radius 3 is 1.96 bits per heavy atom. The predicted octanol–water partition coefficient (Wildman–Crippen LogP) is 4.50. The van der Waals surface area contributed by atoms with E-state index in [1.54, 1.807) is 0 Å². The Kier molecular flexibility index (Phi) is 14.5. The third kappa shape index (κ3) is 10.3. The van der Waals surface area contributed by atoms with Gasteiger partial charge in [-0.15, -0.1) is 0 Å². The quantitative estimate of drug-likeness (QED) is 0.323. The molecular formula is C23H47NO3. The molecule has 4 atom stereocenters. The molecule has 0 bridgehead atoms. The van der Waals surface area contributed by atoms with Crippen molar-refractivity contribution in [2.75, 3.05) is 19.7 Å². The zero-order chi connectivity index (χ0) is 19.9. The normalized spacial score (nSPS) is 21.4. The van der Waals surface area contributed by atoms with E-state index in [0.717, 1.165) is 45.2 Å². The average molecular weight is 386 g/mol. The minimum atomic E-state index is -0.663. The monoisotopic (exact) mass is 385 g/mol. The lowest BCUT2D eigenvalue weighted by Crippen LogP contribution is -2.48. The van der Waals surface area contributed by atoms with Crippen molar-refractivity contribution in [3.05, 3.63) is 0 Å². The molecule has 27 heavy (non-hydrogen) atoms. The van der Waals surface area contributed by atoms with Gasteiger partial charge in [0, 0.05) is 19.2 Å². The third-order valence-corrected chi connectivity index (χ3v) is 6.29. The standard InChI is InChI=1S/C23H47NO3/c1-3-5-7-9-10-11-12-14-21(24-17-16-20(18-24)19-25)23(27)22(26)15-13-8-6-4-2/h20-23,25-27H,3-19H2,1-2H3/t20-,21-,22-,23+/m1/s1. The highest BCUT2D eigenvalue weighted by molar-refractivity contribution is 4.88. The van der Waals surface area contributed by atoms with Crippen molar-refractivity contribution >= 4 is 0 Å². The van der Waals surface area contributed by atoms with Crippen LogP contribution in [0, 0.1) is 5.92 Å². The van der Waals surface area contributed by atoms with Crippen molar-refractivity contribution in [1.29, 1.82) is 0 Å². The second-order valence-corrected chi connectivity index (χ2v) is 8.72. The summed E-state index contributed by atoms with van der Waals surface area (Å²) >= 11 is 0. The largest absolute Gasteiger partial charge is 0.396 e. The molecule has 3 N–H and O–H groups in total. The van der Waals surface area contributed by atoms with Gasteiger partial charge in [0.05, 0.1) is 12.2 Å². The van der Waals surface area contributed by atoms with Crippen LogP contribution in [0.4, 0.5) is 0 Å². The van der Waals surface area contributed by atoms with E-state index in [-0.39, 0.29) is 12.6 Å². The second kappa shape index (κ2) is 15.7. The van der Waals surface area contributed by atoms with E-state index in [9.17, 15) is 15.3 Å². The molecule has 0 aliphatic carbocycles. The summed E-state index contributed by atoms with van der Waals surface area (Å²) in [6, 6.07) is 0.0402. The van der Waals surface area contributed by atoms with Gasteiger partial charge in [-0.25, -0.2) is 0 Å². The molecule has 1 saturated heterocycles. The van der Waals surface area contributed by atoms with Crippen LogP contribution in [0.15, 0.2) is 0 Å². The molecule has 0 aromatic carbocycles. The van der Waals surface area contributed by atoms with Crippen molar-refractivity contribution in [2.45, 2.75) is 122 Å². The molecule has 0 spiro atoms. The van der Waals surface area contributed by atoms with Gasteiger partial charge < -0.3 is 15.3 Å². The molecule has 1 rings (SSSR count). The van der Waals surface area contributed by atoms with Crippen LogP contribution in [0.3, 0.4) is 0 Å². The molecule has 0 aromatic heterocycles. The number of aliphatic hydroxyl groups is 3. The lowest BCUT2D eigenvalue weighted by Gasteiger charge is -2.34. The topological polar surface area (TPSA) is 63.9 Å². The number of aliphatic hydroxyl groups excluding tert-OH is 3. The molecule has 1 aliphatic heterocycles. The maximum atomic E-state index is 10.9. The molecule has 4 nitrogen and oxygen atoms in total. The van der Waals surface area contributed by atoms with Gasteiger partial charge in [-0.05, 0) is 31.7 Å². The molecule has 1 fully saturated rings. The summed E-state index contributed by atoms with van der Waals surface area (Å²) in [7, 11) is 0. The Balaban J connectivity index is 2.44. The first-order valence-electron chi connectivity index (χ1n) is 11.8. The van der Waals surface area contributed by atoms with Crippen molar-refractivity contribution in [3.8, 4) is 0 Å². The van der Waals surface area contributed by atoms with Crippen molar-refractivity contribution in [2.24, 2.45) is 5.92 Å². The van der Waals surface area contributed by atoms with Crippen LogP contribution in [-0.2, 0) is 0 Å². The SMILES string of the molecule is CCCCCCCCC[C@H]([C@H](O)[C@H](O)CCCCCC)N1CC[C@@H](CO)C1. The van der Waals surface area contributed by atoms with E-state index in [4.69, 9.17) is 0 Å². The summed E-state index contributed by atoms with van der Waals surface area (Å²) in [5.74, 6) is 0.329. The Bertz CT molecular complexity index is 340. The fraction of sp³-hybridized carbons (Fsp3) is 1.00. The van der Waals surface area contributed by atoms with Gasteiger partial charge in [0.1, 0.15) is 0 Å². The van der Waals surface area contributed by atoms with Crippen LogP contribution in [-0.4, -0.2) is 58.2 Å².